The van der Waals surface area contributed by atoms with Crippen LogP contribution in [-0.4, -0.2) is 55.3 Å². The number of hydrogen-bond acceptors (Lipinski definition) is 5. The molecule has 0 radical (unpaired) electrons. The maximum atomic E-state index is 13.2. The van der Waals surface area contributed by atoms with Crippen LogP contribution < -0.4 is 10.7 Å². The van der Waals surface area contributed by atoms with Gasteiger partial charge in [-0.3, -0.25) is 14.6 Å². The van der Waals surface area contributed by atoms with Gasteiger partial charge in [0.25, 0.3) is 5.91 Å². The monoisotopic (exact) mass is 364 g/mol. The average Bonchev–Trinajstić information content (AvgIpc) is 3.04. The van der Waals surface area contributed by atoms with Gasteiger partial charge in [0, 0.05) is 26.6 Å². The van der Waals surface area contributed by atoms with Crippen LogP contribution in [0.25, 0.3) is 0 Å². The highest BCUT2D eigenvalue weighted by molar-refractivity contribution is 6.40. The molecule has 1 atom stereocenters. The predicted octanol–water partition coefficient (Wildman–Crippen LogP) is 1.38. The summed E-state index contributed by atoms with van der Waals surface area (Å²) < 4.78 is 18.2. The Morgan fingerprint density at radius 1 is 1.38 bits per heavy atom. The highest BCUT2D eigenvalue weighted by Gasteiger charge is 2.36. The van der Waals surface area contributed by atoms with Gasteiger partial charge in [-0.25, -0.2) is 4.39 Å². The van der Waals surface area contributed by atoms with Crippen LogP contribution in [0.15, 0.2) is 29.4 Å². The molecule has 0 saturated carbocycles. The van der Waals surface area contributed by atoms with Crippen LogP contribution in [0, 0.1) is 11.7 Å². The van der Waals surface area contributed by atoms with E-state index in [2.05, 4.69) is 5.10 Å². The van der Waals surface area contributed by atoms with Crippen LogP contribution in [0.2, 0.25) is 0 Å². The Labute approximate surface area is 152 Å². The van der Waals surface area contributed by atoms with Crippen LogP contribution in [0.5, 0.6) is 0 Å². The molecule has 0 aliphatic carbocycles. The zero-order chi connectivity index (χ0) is 19.3. The van der Waals surface area contributed by atoms with Crippen molar-refractivity contribution in [1.29, 1.82) is 0 Å². The van der Waals surface area contributed by atoms with E-state index >= 15 is 0 Å². The number of ether oxygens (including phenoxy) is 1. The number of methoxy groups -OCH3 is 1. The molecule has 1 aromatic rings. The average molecular weight is 364 g/mol. The fourth-order valence-corrected chi connectivity index (χ4v) is 2.79. The summed E-state index contributed by atoms with van der Waals surface area (Å²) in [7, 11) is 1.57. The first-order valence-electron chi connectivity index (χ1n) is 8.53. The number of hydrogen-bond donors (Lipinski definition) is 1. The zero-order valence-corrected chi connectivity index (χ0v) is 15.3. The topological polar surface area (TPSA) is 88.2 Å². The van der Waals surface area contributed by atoms with Crippen molar-refractivity contribution in [3.8, 4) is 0 Å². The molecule has 2 amide bonds. The van der Waals surface area contributed by atoms with Gasteiger partial charge in [0.2, 0.25) is 5.91 Å². The molecule has 0 bridgehead atoms. The lowest BCUT2D eigenvalue weighted by Crippen LogP contribution is -2.42. The van der Waals surface area contributed by atoms with Gasteiger partial charge in [0.15, 0.2) is 0 Å². The molecular weight excluding hydrogens is 339 g/mol. The number of carbonyl (C=O) groups excluding carboxylic acids is 2. The van der Waals surface area contributed by atoms with E-state index in [1.165, 1.54) is 29.3 Å². The Kier molecular flexibility index (Phi) is 6.68. The number of rotatable bonds is 8. The number of nitrogens with two attached hydrogens (primary N) is 1. The van der Waals surface area contributed by atoms with E-state index in [9.17, 15) is 14.0 Å². The predicted molar refractivity (Wildman–Crippen MR) is 97.2 cm³/mol. The largest absolute Gasteiger partial charge is 0.383 e. The molecule has 8 heteroatoms. The van der Waals surface area contributed by atoms with E-state index in [-0.39, 0.29) is 24.0 Å². The van der Waals surface area contributed by atoms with Crippen molar-refractivity contribution in [2.45, 2.75) is 26.3 Å². The highest BCUT2D eigenvalue weighted by Crippen LogP contribution is 2.25. The highest BCUT2D eigenvalue weighted by atomic mass is 19.1. The van der Waals surface area contributed by atoms with Crippen LogP contribution in [0.4, 0.5) is 10.1 Å². The maximum absolute atomic E-state index is 13.2. The fraction of sp³-hybridized carbons (Fsp3) is 0.500. The van der Waals surface area contributed by atoms with Gasteiger partial charge in [-0.2, -0.15) is 5.10 Å². The standard InChI is InChI=1S/C18H25FN4O3/c1-12(2)11-22(8-9-26-3)18(25)15-10-16(17(20)24)23(21-15)14-6-4-13(19)5-7-14/h4-7,12,16H,8-11H2,1-3H3,(H2,20,24). The zero-order valence-electron chi connectivity index (χ0n) is 15.3. The molecule has 1 unspecified atom stereocenters. The maximum Gasteiger partial charge on any atom is 0.270 e. The van der Waals surface area contributed by atoms with Gasteiger partial charge in [-0.1, -0.05) is 13.8 Å². The minimum absolute atomic E-state index is 0.118. The number of carbonyl (C=O) groups is 2. The first-order valence-corrected chi connectivity index (χ1v) is 8.53. The Morgan fingerprint density at radius 2 is 2.04 bits per heavy atom. The molecule has 1 aliphatic rings. The van der Waals surface area contributed by atoms with Crippen molar-refractivity contribution < 1.29 is 18.7 Å². The molecule has 0 spiro atoms. The van der Waals surface area contributed by atoms with Crippen molar-refractivity contribution in [3.63, 3.8) is 0 Å². The Hall–Kier alpha value is -2.48. The molecule has 142 valence electrons. The molecule has 2 rings (SSSR count). The number of anilines is 1. The summed E-state index contributed by atoms with van der Waals surface area (Å²) in [5.41, 5.74) is 6.25. The van der Waals surface area contributed by atoms with E-state index in [0.29, 0.717) is 25.4 Å². The van der Waals surface area contributed by atoms with Crippen LogP contribution in [0.3, 0.4) is 0 Å². The third-order valence-electron chi connectivity index (χ3n) is 4.01. The summed E-state index contributed by atoms with van der Waals surface area (Å²) in [6.07, 6.45) is 0.118. The number of benzene rings is 1. The molecule has 2 N–H and O–H groups in total. The minimum atomic E-state index is -0.775. The quantitative estimate of drug-likeness (QED) is 0.755. The van der Waals surface area contributed by atoms with E-state index in [1.807, 2.05) is 13.8 Å². The second-order valence-corrected chi connectivity index (χ2v) is 6.63. The van der Waals surface area contributed by atoms with Gasteiger partial charge in [0.05, 0.1) is 12.3 Å². The number of halogens is 1. The number of nitrogens with zero attached hydrogens (tertiary/aromatic N) is 3. The van der Waals surface area contributed by atoms with Gasteiger partial charge in [-0.15, -0.1) is 0 Å². The third kappa shape index (κ3) is 4.78. The molecule has 26 heavy (non-hydrogen) atoms. The van der Waals surface area contributed by atoms with Gasteiger partial charge in [-0.05, 0) is 30.2 Å². The molecule has 0 saturated heterocycles. The minimum Gasteiger partial charge on any atom is -0.383 e. The number of primary amides is 1. The van der Waals surface area contributed by atoms with Crippen molar-refractivity contribution >= 4 is 23.2 Å². The van der Waals surface area contributed by atoms with Gasteiger partial charge >= 0.3 is 0 Å². The van der Waals surface area contributed by atoms with Crippen LogP contribution in [-0.2, 0) is 14.3 Å². The number of hydrazone groups is 1. The molecule has 1 aromatic carbocycles. The second kappa shape index (κ2) is 8.75. The molecule has 0 fully saturated rings. The summed E-state index contributed by atoms with van der Waals surface area (Å²) >= 11 is 0. The summed E-state index contributed by atoms with van der Waals surface area (Å²) in [6, 6.07) is 4.76. The van der Waals surface area contributed by atoms with Crippen molar-refractivity contribution in [3.05, 3.63) is 30.1 Å². The molecule has 7 nitrogen and oxygen atoms in total. The summed E-state index contributed by atoms with van der Waals surface area (Å²) in [4.78, 5) is 26.4. The summed E-state index contributed by atoms with van der Waals surface area (Å²) in [5, 5.41) is 5.71. The third-order valence-corrected chi connectivity index (χ3v) is 4.01. The van der Waals surface area contributed by atoms with Crippen molar-refractivity contribution in [1.82, 2.24) is 4.90 Å². The van der Waals surface area contributed by atoms with Crippen LogP contribution >= 0.6 is 0 Å². The SMILES string of the molecule is COCCN(CC(C)C)C(=O)C1=NN(c2ccc(F)cc2)C(C(N)=O)C1. The van der Waals surface area contributed by atoms with E-state index in [1.54, 1.807) is 12.0 Å². The second-order valence-electron chi connectivity index (χ2n) is 6.63. The summed E-state index contributed by atoms with van der Waals surface area (Å²) in [6.45, 7) is 5.43. The van der Waals surface area contributed by atoms with Crippen molar-refractivity contribution in [2.24, 2.45) is 16.8 Å². The number of amides is 2. The summed E-state index contributed by atoms with van der Waals surface area (Å²) in [5.74, 6) is -0.954. The van der Waals surface area contributed by atoms with E-state index in [0.717, 1.165) is 0 Å². The lowest BCUT2D eigenvalue weighted by Gasteiger charge is -2.24. The Bertz CT molecular complexity index is 676. The van der Waals surface area contributed by atoms with E-state index < -0.39 is 17.8 Å². The van der Waals surface area contributed by atoms with E-state index in [4.69, 9.17) is 10.5 Å². The normalized spacial score (nSPS) is 16.7. The first kappa shape index (κ1) is 19.8. The molecule has 1 aliphatic heterocycles. The molecular formula is C18H25FN4O3. The van der Waals surface area contributed by atoms with Gasteiger partial charge < -0.3 is 15.4 Å². The lowest BCUT2D eigenvalue weighted by molar-refractivity contribution is -0.125. The first-order chi connectivity index (χ1) is 12.3. The lowest BCUT2D eigenvalue weighted by atomic mass is 10.1. The smallest absolute Gasteiger partial charge is 0.270 e. The Balaban J connectivity index is 2.26. The molecule has 0 aromatic heterocycles. The van der Waals surface area contributed by atoms with Crippen molar-refractivity contribution in [2.75, 3.05) is 31.8 Å². The fourth-order valence-electron chi connectivity index (χ4n) is 2.79. The molecule has 1 heterocycles. The Morgan fingerprint density at radius 3 is 2.58 bits per heavy atom. The van der Waals surface area contributed by atoms with Gasteiger partial charge in [0.1, 0.15) is 17.6 Å². The van der Waals surface area contributed by atoms with Crippen LogP contribution in [0.1, 0.15) is 20.3 Å².